The number of carbonyl (C=O) groups is 1. The van der Waals surface area contributed by atoms with E-state index in [1.165, 1.54) is 11.8 Å². The van der Waals surface area contributed by atoms with Gasteiger partial charge in [0.25, 0.3) is 0 Å². The molecule has 0 fully saturated rings. The molecule has 0 unspecified atom stereocenters. The number of hydrogen-bond donors (Lipinski definition) is 3. The van der Waals surface area contributed by atoms with E-state index in [9.17, 15) is 9.82 Å². The van der Waals surface area contributed by atoms with Crippen molar-refractivity contribution in [3.8, 4) is 0 Å². The molecule has 117 valence electrons. The van der Waals surface area contributed by atoms with Crippen molar-refractivity contribution in [2.75, 3.05) is 18.1 Å². The molecule has 1 heterocycles. The van der Waals surface area contributed by atoms with Gasteiger partial charge >= 0.3 is 7.48 Å². The minimum absolute atomic E-state index is 0.133. The molecule has 1 aromatic heterocycles. The van der Waals surface area contributed by atoms with Crippen LogP contribution in [0, 0.1) is 0 Å². The highest BCUT2D eigenvalue weighted by molar-refractivity contribution is 7.99. The maximum absolute atomic E-state index is 11.8. The van der Waals surface area contributed by atoms with Gasteiger partial charge in [0.15, 0.2) is 0 Å². The third-order valence-corrected chi connectivity index (χ3v) is 4.25. The molecule has 1 aromatic carbocycles. The highest BCUT2D eigenvalue weighted by Crippen LogP contribution is 2.21. The molecule has 5 nitrogen and oxygen atoms in total. The quantitative estimate of drug-likeness (QED) is 0.477. The second kappa shape index (κ2) is 8.87. The van der Waals surface area contributed by atoms with E-state index >= 15 is 0 Å². The Morgan fingerprint density at radius 1 is 1.41 bits per heavy atom. The topological polar surface area (TPSA) is 82.7 Å². The molecule has 0 saturated heterocycles. The zero-order valence-corrected chi connectivity index (χ0v) is 13.0. The molecular formula is C15H19BNO4S. The van der Waals surface area contributed by atoms with Crippen LogP contribution in [0.15, 0.2) is 34.9 Å². The first-order chi connectivity index (χ1) is 10.7. The molecule has 1 amide bonds. The van der Waals surface area contributed by atoms with Gasteiger partial charge in [-0.1, -0.05) is 18.2 Å². The lowest BCUT2D eigenvalue weighted by atomic mass is 9.83. The van der Waals surface area contributed by atoms with Crippen LogP contribution in [0.5, 0.6) is 0 Å². The molecule has 22 heavy (non-hydrogen) atoms. The summed E-state index contributed by atoms with van der Waals surface area (Å²) < 4.78 is 5.46. The summed E-state index contributed by atoms with van der Waals surface area (Å²) in [7, 11) is 0.998. The van der Waals surface area contributed by atoms with Crippen LogP contribution < -0.4 is 5.32 Å². The molecule has 2 rings (SSSR count). The summed E-state index contributed by atoms with van der Waals surface area (Å²) in [6, 6.07) is 7.66. The fourth-order valence-corrected chi connectivity index (χ4v) is 2.90. The SMILES string of the molecule is O=C(CSCCCO)N[C@H]([B]O)Cc1coc2ccccc12. The van der Waals surface area contributed by atoms with E-state index in [0.29, 0.717) is 18.6 Å². The van der Waals surface area contributed by atoms with E-state index in [4.69, 9.17) is 9.52 Å². The summed E-state index contributed by atoms with van der Waals surface area (Å²) in [6.07, 6.45) is 2.80. The normalized spacial score (nSPS) is 12.3. The minimum atomic E-state index is -0.452. The van der Waals surface area contributed by atoms with Crippen molar-refractivity contribution in [2.45, 2.75) is 18.8 Å². The van der Waals surface area contributed by atoms with Crippen LogP contribution in [0.1, 0.15) is 12.0 Å². The van der Waals surface area contributed by atoms with E-state index < -0.39 is 5.94 Å². The Balaban J connectivity index is 1.88. The number of amides is 1. The molecule has 0 spiro atoms. The molecule has 0 aliphatic rings. The number of fused-ring (bicyclic) bond motifs is 1. The molecule has 0 bridgehead atoms. The zero-order valence-electron chi connectivity index (χ0n) is 12.2. The highest BCUT2D eigenvalue weighted by atomic mass is 32.2. The average Bonchev–Trinajstić information content (AvgIpc) is 2.94. The predicted octanol–water partition coefficient (Wildman–Crippen LogP) is 1.14. The standard InChI is InChI=1S/C15H19BNO4S/c18-6-3-7-22-10-15(19)17-14(16-20)8-11-9-21-13-5-2-1-4-12(11)13/h1-2,4-5,9,14,18,20H,3,6-8,10H2,(H,17,19)/t14-/m0/s1. The van der Waals surface area contributed by atoms with Gasteiger partial charge in [-0.25, -0.2) is 0 Å². The van der Waals surface area contributed by atoms with Gasteiger partial charge in [-0.15, -0.1) is 0 Å². The Bertz CT molecular complexity index is 604. The summed E-state index contributed by atoms with van der Waals surface area (Å²) in [5, 5.41) is 21.8. The van der Waals surface area contributed by atoms with Gasteiger partial charge in [-0.3, -0.25) is 4.79 Å². The second-order valence-electron chi connectivity index (χ2n) is 4.91. The first-order valence-corrected chi connectivity index (χ1v) is 8.30. The summed E-state index contributed by atoms with van der Waals surface area (Å²) in [5.74, 6) is 0.471. The first-order valence-electron chi connectivity index (χ1n) is 7.15. The lowest BCUT2D eigenvalue weighted by Gasteiger charge is -2.14. The van der Waals surface area contributed by atoms with Crippen molar-refractivity contribution in [3.05, 3.63) is 36.1 Å². The minimum Gasteiger partial charge on any atom is -0.464 e. The van der Waals surface area contributed by atoms with Crippen LogP contribution in [0.2, 0.25) is 0 Å². The van der Waals surface area contributed by atoms with E-state index in [1.807, 2.05) is 24.3 Å². The summed E-state index contributed by atoms with van der Waals surface area (Å²) >= 11 is 1.46. The van der Waals surface area contributed by atoms with Gasteiger partial charge in [0, 0.05) is 17.9 Å². The summed E-state index contributed by atoms with van der Waals surface area (Å²) in [4.78, 5) is 11.8. The smallest absolute Gasteiger partial charge is 0.312 e. The fraction of sp³-hybridized carbons (Fsp3) is 0.400. The lowest BCUT2D eigenvalue weighted by molar-refractivity contribution is -0.118. The summed E-state index contributed by atoms with van der Waals surface area (Å²) in [6.45, 7) is 0.134. The Morgan fingerprint density at radius 3 is 3.00 bits per heavy atom. The maximum Gasteiger partial charge on any atom is 0.312 e. The number of furan rings is 1. The van der Waals surface area contributed by atoms with Crippen molar-refractivity contribution in [1.82, 2.24) is 5.32 Å². The highest BCUT2D eigenvalue weighted by Gasteiger charge is 2.16. The second-order valence-corrected chi connectivity index (χ2v) is 6.02. The number of aliphatic hydroxyl groups is 1. The van der Waals surface area contributed by atoms with Crippen molar-refractivity contribution in [2.24, 2.45) is 0 Å². The number of benzene rings is 1. The molecule has 1 atom stereocenters. The van der Waals surface area contributed by atoms with Gasteiger partial charge in [-0.05, 0) is 30.2 Å². The zero-order chi connectivity index (χ0) is 15.8. The largest absolute Gasteiger partial charge is 0.464 e. The Labute approximate surface area is 134 Å². The van der Waals surface area contributed by atoms with Crippen molar-refractivity contribution < 1.29 is 19.3 Å². The molecule has 3 N–H and O–H groups in total. The average molecular weight is 320 g/mol. The summed E-state index contributed by atoms with van der Waals surface area (Å²) in [5.41, 5.74) is 1.74. The van der Waals surface area contributed by atoms with Gasteiger partial charge in [-0.2, -0.15) is 11.8 Å². The molecule has 0 aliphatic heterocycles. The maximum atomic E-state index is 11.8. The number of rotatable bonds is 9. The Kier molecular flexibility index (Phi) is 6.83. The molecule has 1 radical (unpaired) electrons. The predicted molar refractivity (Wildman–Crippen MR) is 88.8 cm³/mol. The fourth-order valence-electron chi connectivity index (χ4n) is 2.15. The van der Waals surface area contributed by atoms with Gasteiger partial charge in [0.1, 0.15) is 5.58 Å². The van der Waals surface area contributed by atoms with E-state index in [2.05, 4.69) is 5.32 Å². The number of nitrogens with one attached hydrogen (secondary N) is 1. The van der Waals surface area contributed by atoms with Gasteiger partial charge in [0.2, 0.25) is 5.91 Å². The number of carbonyl (C=O) groups excluding carboxylic acids is 1. The number of aliphatic hydroxyl groups excluding tert-OH is 1. The molecular weight excluding hydrogens is 301 g/mol. The molecule has 0 aliphatic carbocycles. The van der Waals surface area contributed by atoms with Crippen LogP contribution in [-0.4, -0.2) is 47.6 Å². The van der Waals surface area contributed by atoms with Crippen LogP contribution >= 0.6 is 11.8 Å². The number of thioether (sulfide) groups is 1. The molecule has 2 aromatic rings. The van der Waals surface area contributed by atoms with Crippen LogP contribution in [0.3, 0.4) is 0 Å². The third kappa shape index (κ3) is 4.79. The molecule has 7 heteroatoms. The van der Waals surface area contributed by atoms with E-state index in [0.717, 1.165) is 29.8 Å². The van der Waals surface area contributed by atoms with Gasteiger partial charge in [0.05, 0.1) is 12.0 Å². The van der Waals surface area contributed by atoms with Crippen molar-refractivity contribution in [3.63, 3.8) is 0 Å². The van der Waals surface area contributed by atoms with Crippen LogP contribution in [0.25, 0.3) is 11.0 Å². The third-order valence-electron chi connectivity index (χ3n) is 3.21. The van der Waals surface area contributed by atoms with Gasteiger partial charge < -0.3 is 19.9 Å². The number of para-hydroxylation sites is 1. The van der Waals surface area contributed by atoms with E-state index in [-0.39, 0.29) is 12.5 Å². The lowest BCUT2D eigenvalue weighted by Crippen LogP contribution is -2.41. The first kappa shape index (κ1) is 16.9. The molecule has 0 saturated carbocycles. The monoisotopic (exact) mass is 320 g/mol. The number of hydrogen-bond acceptors (Lipinski definition) is 5. The van der Waals surface area contributed by atoms with Crippen molar-refractivity contribution >= 4 is 36.1 Å². The van der Waals surface area contributed by atoms with Crippen LogP contribution in [0.4, 0.5) is 0 Å². The van der Waals surface area contributed by atoms with Crippen LogP contribution in [-0.2, 0) is 11.2 Å². The Hall–Kier alpha value is -1.44. The Morgan fingerprint density at radius 2 is 2.23 bits per heavy atom. The van der Waals surface area contributed by atoms with E-state index in [1.54, 1.807) is 6.26 Å². The van der Waals surface area contributed by atoms with Crippen molar-refractivity contribution in [1.29, 1.82) is 0 Å².